The van der Waals surface area contributed by atoms with E-state index in [9.17, 15) is 4.79 Å². The van der Waals surface area contributed by atoms with Crippen molar-refractivity contribution in [1.82, 2.24) is 10.2 Å². The molecule has 0 amide bonds. The minimum Gasteiger partial charge on any atom is -0.468 e. The zero-order chi connectivity index (χ0) is 13.8. The normalized spacial score (nSPS) is 29.4. The van der Waals surface area contributed by atoms with Gasteiger partial charge in [0.1, 0.15) is 6.04 Å². The Morgan fingerprint density at radius 2 is 2.11 bits per heavy atom. The lowest BCUT2D eigenvalue weighted by molar-refractivity contribution is -0.143. The van der Waals surface area contributed by atoms with E-state index in [0.717, 1.165) is 13.0 Å². The van der Waals surface area contributed by atoms with Crippen molar-refractivity contribution in [2.75, 3.05) is 13.7 Å². The maximum absolute atomic E-state index is 11.8. The molecule has 1 saturated carbocycles. The molecule has 4 heteroatoms. The van der Waals surface area contributed by atoms with Gasteiger partial charge in [0.25, 0.3) is 0 Å². The van der Waals surface area contributed by atoms with Gasteiger partial charge in [-0.2, -0.15) is 0 Å². The number of nitrogens with zero attached hydrogens (tertiary/aromatic N) is 1. The first-order chi connectivity index (χ1) is 9.15. The summed E-state index contributed by atoms with van der Waals surface area (Å²) in [7, 11) is 1.48. The first-order valence-electron chi connectivity index (χ1n) is 7.75. The highest BCUT2D eigenvalue weighted by atomic mass is 16.5. The second kappa shape index (κ2) is 6.71. The Bertz CT molecular complexity index is 305. The van der Waals surface area contributed by atoms with Crippen LogP contribution < -0.4 is 5.32 Å². The van der Waals surface area contributed by atoms with Crippen LogP contribution in [0.1, 0.15) is 52.4 Å². The molecule has 1 N–H and O–H groups in total. The molecule has 2 rings (SSSR count). The van der Waals surface area contributed by atoms with Gasteiger partial charge in [-0.25, -0.2) is 0 Å². The Morgan fingerprint density at radius 1 is 1.37 bits per heavy atom. The third kappa shape index (κ3) is 3.93. The second-order valence-corrected chi connectivity index (χ2v) is 6.03. The van der Waals surface area contributed by atoms with Crippen molar-refractivity contribution in [3.63, 3.8) is 0 Å². The van der Waals surface area contributed by atoms with Crippen molar-refractivity contribution in [2.24, 2.45) is 0 Å². The van der Waals surface area contributed by atoms with E-state index in [1.54, 1.807) is 0 Å². The standard InChI is InChI=1S/C15H28N2O2/c1-4-13-8-5-11(2)17(13)10-9-14(15(18)19-3)16-12-6-7-12/h11-14,16H,4-10H2,1-3H3. The molecule has 110 valence electrons. The number of likely N-dealkylation sites (tertiary alicyclic amines) is 1. The summed E-state index contributed by atoms with van der Waals surface area (Å²) in [6, 6.07) is 1.78. The quantitative estimate of drug-likeness (QED) is 0.716. The van der Waals surface area contributed by atoms with Crippen LogP contribution in [0.2, 0.25) is 0 Å². The van der Waals surface area contributed by atoms with Crippen molar-refractivity contribution in [2.45, 2.75) is 76.5 Å². The number of carbonyl (C=O) groups is 1. The minimum absolute atomic E-state index is 0.105. The molecule has 1 aliphatic carbocycles. The number of hydrogen-bond acceptors (Lipinski definition) is 4. The Hall–Kier alpha value is -0.610. The maximum Gasteiger partial charge on any atom is 0.322 e. The van der Waals surface area contributed by atoms with Crippen LogP contribution in [-0.2, 0) is 9.53 Å². The zero-order valence-electron chi connectivity index (χ0n) is 12.5. The molecule has 0 bridgehead atoms. The molecular weight excluding hydrogens is 240 g/mol. The lowest BCUT2D eigenvalue weighted by atomic mass is 10.1. The van der Waals surface area contributed by atoms with Gasteiger partial charge >= 0.3 is 5.97 Å². The summed E-state index contributed by atoms with van der Waals surface area (Å²) in [4.78, 5) is 14.4. The molecule has 2 aliphatic rings. The molecular formula is C15H28N2O2. The number of esters is 1. The first-order valence-corrected chi connectivity index (χ1v) is 7.75. The number of hydrogen-bond donors (Lipinski definition) is 1. The molecule has 1 aliphatic heterocycles. The van der Waals surface area contributed by atoms with Gasteiger partial charge in [-0.05, 0) is 45.4 Å². The van der Waals surface area contributed by atoms with Crippen molar-refractivity contribution in [3.05, 3.63) is 0 Å². The van der Waals surface area contributed by atoms with Gasteiger partial charge in [-0.1, -0.05) is 6.92 Å². The monoisotopic (exact) mass is 268 g/mol. The van der Waals surface area contributed by atoms with E-state index in [1.165, 1.54) is 39.2 Å². The highest BCUT2D eigenvalue weighted by Gasteiger charge is 2.32. The lowest BCUT2D eigenvalue weighted by Gasteiger charge is -2.29. The number of methoxy groups -OCH3 is 1. The molecule has 0 spiro atoms. The number of ether oxygens (including phenoxy) is 1. The molecule has 0 aromatic heterocycles. The fourth-order valence-corrected chi connectivity index (χ4v) is 3.19. The molecule has 0 aromatic rings. The summed E-state index contributed by atoms with van der Waals surface area (Å²) in [6.45, 7) is 5.56. The molecule has 19 heavy (non-hydrogen) atoms. The highest BCUT2D eigenvalue weighted by molar-refractivity contribution is 5.75. The fourth-order valence-electron chi connectivity index (χ4n) is 3.19. The molecule has 0 aromatic carbocycles. The van der Waals surface area contributed by atoms with E-state index < -0.39 is 0 Å². The van der Waals surface area contributed by atoms with Gasteiger partial charge in [0, 0.05) is 24.7 Å². The summed E-state index contributed by atoms with van der Waals surface area (Å²) < 4.78 is 4.92. The van der Waals surface area contributed by atoms with Gasteiger partial charge in [-0.15, -0.1) is 0 Å². The van der Waals surface area contributed by atoms with Gasteiger partial charge in [0.05, 0.1) is 7.11 Å². The Balaban J connectivity index is 1.84. The Kier molecular flexibility index (Phi) is 5.22. The van der Waals surface area contributed by atoms with Crippen molar-refractivity contribution < 1.29 is 9.53 Å². The van der Waals surface area contributed by atoms with Crippen LogP contribution in [0, 0.1) is 0 Å². The predicted molar refractivity (Wildman–Crippen MR) is 76.1 cm³/mol. The van der Waals surface area contributed by atoms with E-state index in [1.807, 2.05) is 0 Å². The van der Waals surface area contributed by atoms with Crippen LogP contribution in [0.15, 0.2) is 0 Å². The van der Waals surface area contributed by atoms with E-state index in [2.05, 4.69) is 24.1 Å². The molecule has 3 atom stereocenters. The summed E-state index contributed by atoms with van der Waals surface area (Å²) in [5, 5.41) is 3.41. The average Bonchev–Trinajstić information content (AvgIpc) is 3.17. The van der Waals surface area contributed by atoms with Crippen LogP contribution in [-0.4, -0.2) is 48.7 Å². The third-order valence-electron chi connectivity index (χ3n) is 4.60. The topological polar surface area (TPSA) is 41.6 Å². The molecule has 2 fully saturated rings. The Morgan fingerprint density at radius 3 is 2.68 bits per heavy atom. The SMILES string of the molecule is CCC1CCC(C)N1CCC(NC1CC1)C(=O)OC. The number of nitrogens with one attached hydrogen (secondary N) is 1. The Labute approximate surface area is 116 Å². The van der Waals surface area contributed by atoms with Gasteiger partial charge < -0.3 is 10.1 Å². The molecule has 0 radical (unpaired) electrons. The highest BCUT2D eigenvalue weighted by Crippen LogP contribution is 2.26. The molecule has 4 nitrogen and oxygen atoms in total. The van der Waals surface area contributed by atoms with Crippen molar-refractivity contribution in [3.8, 4) is 0 Å². The number of rotatable bonds is 7. The van der Waals surface area contributed by atoms with Crippen LogP contribution in [0.5, 0.6) is 0 Å². The van der Waals surface area contributed by atoms with Crippen molar-refractivity contribution >= 4 is 5.97 Å². The van der Waals surface area contributed by atoms with Gasteiger partial charge in [0.15, 0.2) is 0 Å². The third-order valence-corrected chi connectivity index (χ3v) is 4.60. The number of carbonyl (C=O) groups excluding carboxylic acids is 1. The van der Waals surface area contributed by atoms with Gasteiger partial charge in [0.2, 0.25) is 0 Å². The maximum atomic E-state index is 11.8. The van der Waals surface area contributed by atoms with Crippen LogP contribution >= 0.6 is 0 Å². The molecule has 1 heterocycles. The lowest BCUT2D eigenvalue weighted by Crippen LogP contribution is -2.43. The predicted octanol–water partition coefficient (Wildman–Crippen LogP) is 1.93. The summed E-state index contributed by atoms with van der Waals surface area (Å²) in [6.07, 6.45) is 7.07. The zero-order valence-corrected chi connectivity index (χ0v) is 12.5. The van der Waals surface area contributed by atoms with E-state index in [-0.39, 0.29) is 12.0 Å². The van der Waals surface area contributed by atoms with Crippen LogP contribution in [0.4, 0.5) is 0 Å². The summed E-state index contributed by atoms with van der Waals surface area (Å²) in [5.41, 5.74) is 0. The first kappa shape index (κ1) is 14.8. The van der Waals surface area contributed by atoms with Crippen LogP contribution in [0.25, 0.3) is 0 Å². The van der Waals surface area contributed by atoms with Crippen LogP contribution in [0.3, 0.4) is 0 Å². The van der Waals surface area contributed by atoms with E-state index >= 15 is 0 Å². The summed E-state index contributed by atoms with van der Waals surface area (Å²) >= 11 is 0. The smallest absolute Gasteiger partial charge is 0.322 e. The average molecular weight is 268 g/mol. The van der Waals surface area contributed by atoms with Gasteiger partial charge in [-0.3, -0.25) is 9.69 Å². The van der Waals surface area contributed by atoms with E-state index in [0.29, 0.717) is 18.1 Å². The fraction of sp³-hybridized carbons (Fsp3) is 0.933. The molecule has 3 unspecified atom stereocenters. The van der Waals surface area contributed by atoms with E-state index in [4.69, 9.17) is 4.74 Å². The molecule has 1 saturated heterocycles. The summed E-state index contributed by atoms with van der Waals surface area (Å²) in [5.74, 6) is -0.105. The minimum atomic E-state index is -0.122. The second-order valence-electron chi connectivity index (χ2n) is 6.03. The largest absolute Gasteiger partial charge is 0.468 e. The van der Waals surface area contributed by atoms with Crippen molar-refractivity contribution in [1.29, 1.82) is 0 Å².